The fraction of sp³-hybridized carbons (Fsp3) is 0.222. The Morgan fingerprint density at radius 1 is 1.35 bits per heavy atom. The number of para-hydroxylation sites is 1. The topological polar surface area (TPSA) is 60.5 Å². The van der Waals surface area contributed by atoms with Crippen LogP contribution in [0.2, 0.25) is 0 Å². The third kappa shape index (κ3) is 3.34. The molecule has 0 fully saturated rings. The molecule has 0 saturated heterocycles. The molecule has 1 aromatic carbocycles. The summed E-state index contributed by atoms with van der Waals surface area (Å²) in [4.78, 5) is 16.5. The Balaban J connectivity index is 1.80. The number of fused-ring (bicyclic) bond motifs is 1. The number of hydrogen-bond acceptors (Lipinski definition) is 4. The lowest BCUT2D eigenvalue weighted by Crippen LogP contribution is -2.22. The first kappa shape index (κ1) is 15.1. The van der Waals surface area contributed by atoms with Gasteiger partial charge in [-0.15, -0.1) is 0 Å². The monoisotopic (exact) mass is 310 g/mol. The van der Waals surface area contributed by atoms with Crippen molar-refractivity contribution in [3.05, 3.63) is 53.2 Å². The van der Waals surface area contributed by atoms with Crippen LogP contribution < -0.4 is 14.8 Å². The van der Waals surface area contributed by atoms with Gasteiger partial charge in [0, 0.05) is 11.8 Å². The van der Waals surface area contributed by atoms with Crippen molar-refractivity contribution in [2.45, 2.75) is 13.8 Å². The third-order valence-electron chi connectivity index (χ3n) is 3.46. The van der Waals surface area contributed by atoms with E-state index in [0.29, 0.717) is 29.5 Å². The van der Waals surface area contributed by atoms with E-state index in [0.717, 1.165) is 11.1 Å². The summed E-state index contributed by atoms with van der Waals surface area (Å²) in [5, 5.41) is 2.78. The van der Waals surface area contributed by atoms with E-state index in [2.05, 4.69) is 10.3 Å². The molecule has 5 nitrogen and oxygen atoms in total. The Bertz CT molecular complexity index is 751. The largest absolute Gasteiger partial charge is 0.490 e. The molecule has 2 aromatic rings. The second-order valence-corrected chi connectivity index (χ2v) is 5.24. The molecule has 0 atom stereocenters. The smallest absolute Gasteiger partial charge is 0.256 e. The van der Waals surface area contributed by atoms with Crippen LogP contribution in [-0.4, -0.2) is 24.1 Å². The second kappa shape index (κ2) is 6.52. The maximum absolute atomic E-state index is 12.3. The highest BCUT2D eigenvalue weighted by Gasteiger charge is 2.20. The molecule has 3 rings (SSSR count). The number of rotatable bonds is 4. The molecule has 0 bridgehead atoms. The number of pyridine rings is 1. The third-order valence-corrected chi connectivity index (χ3v) is 3.46. The van der Waals surface area contributed by atoms with Gasteiger partial charge in [0.1, 0.15) is 12.4 Å². The highest BCUT2D eigenvalue weighted by atomic mass is 16.5. The lowest BCUT2D eigenvalue weighted by molar-refractivity contribution is -0.113. The molecule has 1 aliphatic rings. The lowest BCUT2D eigenvalue weighted by atomic mass is 10.1. The molecule has 1 amide bonds. The van der Waals surface area contributed by atoms with Crippen molar-refractivity contribution >= 4 is 17.8 Å². The van der Waals surface area contributed by atoms with Gasteiger partial charge in [-0.2, -0.15) is 0 Å². The number of nitrogens with zero attached hydrogens (tertiary/aromatic N) is 1. The average Bonchev–Trinajstić information content (AvgIpc) is 2.57. The van der Waals surface area contributed by atoms with Crippen molar-refractivity contribution < 1.29 is 14.3 Å². The molecule has 23 heavy (non-hydrogen) atoms. The molecule has 0 spiro atoms. The maximum Gasteiger partial charge on any atom is 0.256 e. The minimum absolute atomic E-state index is 0.203. The molecule has 0 saturated carbocycles. The van der Waals surface area contributed by atoms with Crippen molar-refractivity contribution in [2.75, 3.05) is 18.5 Å². The average molecular weight is 310 g/mol. The fourth-order valence-electron chi connectivity index (χ4n) is 2.32. The molecule has 118 valence electrons. The number of ether oxygens (including phenoxy) is 2. The summed E-state index contributed by atoms with van der Waals surface area (Å²) in [5.74, 6) is 1.68. The van der Waals surface area contributed by atoms with E-state index >= 15 is 0 Å². The zero-order valence-electron chi connectivity index (χ0n) is 13.1. The fourth-order valence-corrected chi connectivity index (χ4v) is 2.32. The summed E-state index contributed by atoms with van der Waals surface area (Å²) >= 11 is 0. The number of benzene rings is 1. The minimum atomic E-state index is -0.214. The SMILES string of the molecule is CCOc1cccc2c1OCC(C(=O)Nc1ccc(C)cn1)=C2. The summed E-state index contributed by atoms with van der Waals surface area (Å²) < 4.78 is 11.3. The zero-order chi connectivity index (χ0) is 16.2. The van der Waals surface area contributed by atoms with Gasteiger partial charge < -0.3 is 14.8 Å². The van der Waals surface area contributed by atoms with E-state index in [1.54, 1.807) is 12.3 Å². The number of hydrogen-bond donors (Lipinski definition) is 1. The Kier molecular flexibility index (Phi) is 4.28. The predicted octanol–water partition coefficient (Wildman–Crippen LogP) is 3.20. The first-order chi connectivity index (χ1) is 11.2. The first-order valence-corrected chi connectivity index (χ1v) is 7.50. The van der Waals surface area contributed by atoms with Crippen LogP contribution in [0.25, 0.3) is 6.08 Å². The van der Waals surface area contributed by atoms with Gasteiger partial charge in [-0.3, -0.25) is 4.79 Å². The number of nitrogens with one attached hydrogen (secondary N) is 1. The van der Waals surface area contributed by atoms with Gasteiger partial charge in [0.2, 0.25) is 0 Å². The number of amides is 1. The summed E-state index contributed by atoms with van der Waals surface area (Å²) in [6, 6.07) is 9.31. The maximum atomic E-state index is 12.3. The molecule has 1 aliphatic heterocycles. The van der Waals surface area contributed by atoms with Crippen LogP contribution in [0.1, 0.15) is 18.1 Å². The molecule has 2 heterocycles. The molecular weight excluding hydrogens is 292 g/mol. The number of aromatic nitrogens is 1. The number of carbonyl (C=O) groups excluding carboxylic acids is 1. The van der Waals surface area contributed by atoms with Crippen molar-refractivity contribution in [3.8, 4) is 11.5 Å². The van der Waals surface area contributed by atoms with Crippen LogP contribution in [-0.2, 0) is 4.79 Å². The van der Waals surface area contributed by atoms with Crippen LogP contribution in [0.3, 0.4) is 0 Å². The second-order valence-electron chi connectivity index (χ2n) is 5.24. The van der Waals surface area contributed by atoms with E-state index in [9.17, 15) is 4.79 Å². The van der Waals surface area contributed by atoms with Gasteiger partial charge in [0.05, 0.1) is 12.2 Å². The van der Waals surface area contributed by atoms with Gasteiger partial charge >= 0.3 is 0 Å². The summed E-state index contributed by atoms with van der Waals surface area (Å²) in [5.41, 5.74) is 2.43. The Morgan fingerprint density at radius 3 is 2.96 bits per heavy atom. The summed E-state index contributed by atoms with van der Waals surface area (Å²) in [6.07, 6.45) is 3.54. The molecule has 5 heteroatoms. The number of aryl methyl sites for hydroxylation is 1. The van der Waals surface area contributed by atoms with Crippen LogP contribution in [0.15, 0.2) is 42.1 Å². The van der Waals surface area contributed by atoms with Gasteiger partial charge in [-0.25, -0.2) is 4.98 Å². The normalized spacial score (nSPS) is 12.7. The molecule has 1 N–H and O–H groups in total. The highest BCUT2D eigenvalue weighted by molar-refractivity contribution is 6.07. The Hall–Kier alpha value is -2.82. The summed E-state index contributed by atoms with van der Waals surface area (Å²) in [7, 11) is 0. The van der Waals surface area contributed by atoms with Crippen molar-refractivity contribution in [3.63, 3.8) is 0 Å². The summed E-state index contributed by atoms with van der Waals surface area (Å²) in [6.45, 7) is 4.64. The number of carbonyl (C=O) groups is 1. The Morgan fingerprint density at radius 2 is 2.22 bits per heavy atom. The Labute approximate surface area is 135 Å². The number of anilines is 1. The molecular formula is C18H18N2O3. The van der Waals surface area contributed by atoms with Gasteiger partial charge in [-0.05, 0) is 37.6 Å². The van der Waals surface area contributed by atoms with Crippen LogP contribution in [0.5, 0.6) is 11.5 Å². The van der Waals surface area contributed by atoms with Crippen LogP contribution in [0.4, 0.5) is 5.82 Å². The zero-order valence-corrected chi connectivity index (χ0v) is 13.1. The molecule has 0 unspecified atom stereocenters. The molecule has 0 aliphatic carbocycles. The van der Waals surface area contributed by atoms with E-state index in [1.165, 1.54) is 0 Å². The molecule has 0 radical (unpaired) electrons. The van der Waals surface area contributed by atoms with Gasteiger partial charge in [-0.1, -0.05) is 18.2 Å². The van der Waals surface area contributed by atoms with Gasteiger partial charge in [0.25, 0.3) is 5.91 Å². The van der Waals surface area contributed by atoms with E-state index < -0.39 is 0 Å². The highest BCUT2D eigenvalue weighted by Crippen LogP contribution is 2.35. The van der Waals surface area contributed by atoms with E-state index in [1.807, 2.05) is 44.2 Å². The quantitative estimate of drug-likeness (QED) is 0.942. The van der Waals surface area contributed by atoms with E-state index in [4.69, 9.17) is 9.47 Å². The minimum Gasteiger partial charge on any atom is -0.490 e. The van der Waals surface area contributed by atoms with E-state index in [-0.39, 0.29) is 12.5 Å². The lowest BCUT2D eigenvalue weighted by Gasteiger charge is -2.20. The van der Waals surface area contributed by atoms with Crippen molar-refractivity contribution in [1.29, 1.82) is 0 Å². The van der Waals surface area contributed by atoms with Gasteiger partial charge in [0.15, 0.2) is 11.5 Å². The van der Waals surface area contributed by atoms with Crippen molar-refractivity contribution in [2.24, 2.45) is 0 Å². The first-order valence-electron chi connectivity index (χ1n) is 7.50. The van der Waals surface area contributed by atoms with Crippen LogP contribution in [0, 0.1) is 6.92 Å². The van der Waals surface area contributed by atoms with Crippen molar-refractivity contribution in [1.82, 2.24) is 4.98 Å². The molecule has 1 aromatic heterocycles. The predicted molar refractivity (Wildman–Crippen MR) is 88.7 cm³/mol. The standard InChI is InChI=1S/C18H18N2O3/c1-3-22-15-6-4-5-13-9-14(11-23-17(13)15)18(21)20-16-8-7-12(2)10-19-16/h4-10H,3,11H2,1-2H3,(H,19,20,21). The van der Waals surface area contributed by atoms with Crippen LogP contribution >= 0.6 is 0 Å².